The molecule has 0 aliphatic carbocycles. The van der Waals surface area contributed by atoms with Crippen LogP contribution in [0.4, 0.5) is 4.39 Å². The molecule has 5 rings (SSSR count). The van der Waals surface area contributed by atoms with E-state index in [-0.39, 0.29) is 11.4 Å². The Hall–Kier alpha value is -4.05. The Morgan fingerprint density at radius 1 is 0.951 bits per heavy atom. The maximum atomic E-state index is 13.4. The fourth-order valence-electron chi connectivity index (χ4n) is 4.33. The number of aromatic nitrogens is 4. The highest BCUT2D eigenvalue weighted by molar-refractivity contribution is 7.98. The molecule has 10 heteroatoms. The number of aldehydes is 1. The summed E-state index contributed by atoms with van der Waals surface area (Å²) in [5, 5.41) is 8.53. The highest BCUT2D eigenvalue weighted by Crippen LogP contribution is 2.24. The molecule has 0 aliphatic rings. The summed E-state index contributed by atoms with van der Waals surface area (Å²) in [4.78, 5) is 29.7. The van der Waals surface area contributed by atoms with Gasteiger partial charge in [-0.15, -0.1) is 0 Å². The van der Waals surface area contributed by atoms with E-state index in [2.05, 4.69) is 15.4 Å². The van der Waals surface area contributed by atoms with Crippen LogP contribution >= 0.6 is 23.4 Å². The third-order valence-electron chi connectivity index (χ3n) is 6.50. The average Bonchev–Trinajstić information content (AvgIpc) is 3.39. The summed E-state index contributed by atoms with van der Waals surface area (Å²) in [6.45, 7) is 0.413. The molecule has 41 heavy (non-hydrogen) atoms. The second-order valence-corrected chi connectivity index (χ2v) is 10.9. The van der Waals surface area contributed by atoms with Crippen LogP contribution in [0.2, 0.25) is 5.02 Å². The van der Waals surface area contributed by atoms with Gasteiger partial charge in [0.05, 0.1) is 6.20 Å². The van der Waals surface area contributed by atoms with Crippen molar-refractivity contribution in [2.75, 3.05) is 0 Å². The van der Waals surface area contributed by atoms with Crippen molar-refractivity contribution in [2.45, 2.75) is 30.0 Å². The molecule has 0 saturated heterocycles. The molecule has 1 N–H and O–H groups in total. The van der Waals surface area contributed by atoms with Crippen LogP contribution in [0, 0.1) is 5.82 Å². The minimum Gasteiger partial charge on any atom is -0.304 e. The highest BCUT2D eigenvalue weighted by atomic mass is 35.5. The van der Waals surface area contributed by atoms with Crippen LogP contribution in [-0.2, 0) is 30.6 Å². The molecule has 2 heterocycles. The summed E-state index contributed by atoms with van der Waals surface area (Å²) in [6.07, 6.45) is 5.58. The zero-order valence-corrected chi connectivity index (χ0v) is 23.8. The Labute approximate surface area is 246 Å². The fourth-order valence-corrected chi connectivity index (χ4v) is 5.40. The molecule has 1 atom stereocenters. The van der Waals surface area contributed by atoms with Crippen molar-refractivity contribution >= 4 is 29.6 Å². The summed E-state index contributed by atoms with van der Waals surface area (Å²) in [5.41, 5.74) is 4.91. The van der Waals surface area contributed by atoms with Gasteiger partial charge in [-0.05, 0) is 52.1 Å². The van der Waals surface area contributed by atoms with Crippen LogP contribution < -0.4 is 10.9 Å². The summed E-state index contributed by atoms with van der Waals surface area (Å²) in [5.74, 6) is 0.131. The molecule has 3 aromatic carbocycles. The lowest BCUT2D eigenvalue weighted by molar-refractivity contribution is -0.111. The van der Waals surface area contributed by atoms with Crippen molar-refractivity contribution in [1.29, 1.82) is 0 Å². The summed E-state index contributed by atoms with van der Waals surface area (Å²) in [7, 11) is 1.81. The Morgan fingerprint density at radius 2 is 1.61 bits per heavy atom. The van der Waals surface area contributed by atoms with Gasteiger partial charge in [-0.3, -0.25) is 19.6 Å². The molecule has 0 fully saturated rings. The molecule has 208 valence electrons. The summed E-state index contributed by atoms with van der Waals surface area (Å²) >= 11 is 7.32. The van der Waals surface area contributed by atoms with Gasteiger partial charge in [-0.25, -0.2) is 4.39 Å². The van der Waals surface area contributed by atoms with Crippen LogP contribution in [0.15, 0.2) is 101 Å². The number of carbonyl (C=O) groups excluding carboxylic acids is 1. The van der Waals surface area contributed by atoms with E-state index in [0.717, 1.165) is 34.1 Å². The lowest BCUT2D eigenvalue weighted by Gasteiger charge is -2.21. The van der Waals surface area contributed by atoms with Crippen LogP contribution in [0.3, 0.4) is 0 Å². The molecular weight excluding hydrogens is 561 g/mol. The molecule has 7 nitrogen and oxygen atoms in total. The number of hydrogen-bond acceptors (Lipinski definition) is 6. The predicted octanol–water partition coefficient (Wildman–Crippen LogP) is 5.81. The molecule has 0 amide bonds. The van der Waals surface area contributed by atoms with Crippen molar-refractivity contribution in [3.8, 4) is 11.1 Å². The molecular formula is C31H27ClFN5O2S. The minimum absolute atomic E-state index is 0.319. The van der Waals surface area contributed by atoms with E-state index in [1.54, 1.807) is 33.8 Å². The average molecular weight is 588 g/mol. The topological polar surface area (TPSA) is 81.8 Å². The van der Waals surface area contributed by atoms with E-state index in [1.807, 2.05) is 61.8 Å². The van der Waals surface area contributed by atoms with Gasteiger partial charge in [-0.2, -0.15) is 10.1 Å². The smallest absolute Gasteiger partial charge is 0.277 e. The van der Waals surface area contributed by atoms with E-state index in [9.17, 15) is 14.0 Å². The third-order valence-corrected chi connectivity index (χ3v) is 7.79. The van der Waals surface area contributed by atoms with Gasteiger partial charge in [0.1, 0.15) is 12.0 Å². The molecule has 2 aromatic heterocycles. The Morgan fingerprint density at radius 3 is 2.24 bits per heavy atom. The number of benzene rings is 3. The van der Waals surface area contributed by atoms with Gasteiger partial charge < -0.3 is 4.57 Å². The van der Waals surface area contributed by atoms with Crippen LogP contribution in [0.5, 0.6) is 0 Å². The number of aryl methyl sites for hydroxylation is 1. The van der Waals surface area contributed by atoms with Crippen LogP contribution in [-0.4, -0.2) is 25.6 Å². The zero-order chi connectivity index (χ0) is 28.8. The normalized spacial score (nSPS) is 11.9. The van der Waals surface area contributed by atoms with Crippen molar-refractivity contribution in [1.82, 2.24) is 24.6 Å². The second kappa shape index (κ2) is 13.1. The number of hydrogen-bond donors (Lipinski definition) is 1. The number of halogens is 2. The van der Waals surface area contributed by atoms with E-state index >= 15 is 0 Å². The van der Waals surface area contributed by atoms with Gasteiger partial charge in [0.2, 0.25) is 0 Å². The molecule has 0 bridgehead atoms. The van der Waals surface area contributed by atoms with E-state index < -0.39 is 6.17 Å². The summed E-state index contributed by atoms with van der Waals surface area (Å²) in [6, 6.07) is 21.8. The molecule has 0 spiro atoms. The van der Waals surface area contributed by atoms with Crippen LogP contribution in [0.1, 0.15) is 28.4 Å². The number of nitrogens with one attached hydrogen (secondary N) is 1. The highest BCUT2D eigenvalue weighted by Gasteiger charge is 2.18. The standard InChI is InChI=1S/C31H27ClFN5O2S/c1-37-17-23(16-35-37)14-26-18-38(31(36-30(26)40)41-20-22-4-12-28(33)13-5-22)29(19-39)34-15-21-2-6-24(7-3-21)25-8-10-27(32)11-9-25/h2-13,16-19,29,34H,14-15,20H2,1H3. The first-order valence-electron chi connectivity index (χ1n) is 12.9. The maximum Gasteiger partial charge on any atom is 0.277 e. The Bertz CT molecular complexity index is 1690. The predicted molar refractivity (Wildman–Crippen MR) is 159 cm³/mol. The number of thioether (sulfide) groups is 1. The monoisotopic (exact) mass is 587 g/mol. The quantitative estimate of drug-likeness (QED) is 0.119. The lowest BCUT2D eigenvalue weighted by Crippen LogP contribution is -2.31. The Balaban J connectivity index is 1.37. The number of rotatable bonds is 11. The van der Waals surface area contributed by atoms with Crippen molar-refractivity contribution < 1.29 is 9.18 Å². The van der Waals surface area contributed by atoms with E-state index in [4.69, 9.17) is 11.6 Å². The maximum absolute atomic E-state index is 13.4. The minimum atomic E-state index is -0.776. The summed E-state index contributed by atoms with van der Waals surface area (Å²) < 4.78 is 16.7. The largest absolute Gasteiger partial charge is 0.304 e. The zero-order valence-electron chi connectivity index (χ0n) is 22.2. The molecule has 0 saturated carbocycles. The lowest BCUT2D eigenvalue weighted by atomic mass is 10.0. The van der Waals surface area contributed by atoms with Crippen LogP contribution in [0.25, 0.3) is 11.1 Å². The molecule has 0 aliphatic heterocycles. The van der Waals surface area contributed by atoms with Gasteiger partial charge in [0.15, 0.2) is 11.4 Å². The van der Waals surface area contributed by atoms with Crippen molar-refractivity contribution in [2.24, 2.45) is 7.05 Å². The third kappa shape index (κ3) is 7.38. The van der Waals surface area contributed by atoms with Gasteiger partial charge >= 0.3 is 0 Å². The van der Waals surface area contributed by atoms with E-state index in [0.29, 0.717) is 34.5 Å². The van der Waals surface area contributed by atoms with Gasteiger partial charge in [-0.1, -0.05) is 71.9 Å². The van der Waals surface area contributed by atoms with Gasteiger partial charge in [0, 0.05) is 48.7 Å². The van der Waals surface area contributed by atoms with Crippen molar-refractivity contribution in [3.63, 3.8) is 0 Å². The van der Waals surface area contributed by atoms with Gasteiger partial charge in [0.25, 0.3) is 5.56 Å². The first kappa shape index (κ1) is 28.5. The number of nitrogens with zero attached hydrogens (tertiary/aromatic N) is 4. The van der Waals surface area contributed by atoms with Crippen molar-refractivity contribution in [3.05, 3.63) is 135 Å². The Kier molecular flexibility index (Phi) is 9.08. The molecule has 1 unspecified atom stereocenters. The first-order valence-corrected chi connectivity index (χ1v) is 14.2. The number of carbonyl (C=O) groups is 1. The SMILES string of the molecule is Cn1cc(Cc2cn(C(C=O)NCc3ccc(-c4ccc(Cl)cc4)cc3)c(SCc3ccc(F)cc3)nc2=O)cn1. The molecule has 0 radical (unpaired) electrons. The second-order valence-electron chi connectivity index (χ2n) is 9.54. The first-order chi connectivity index (χ1) is 19.9. The molecule has 5 aromatic rings. The fraction of sp³-hybridized carbons (Fsp3) is 0.161. The van der Waals surface area contributed by atoms with E-state index in [1.165, 1.54) is 23.9 Å².